The van der Waals surface area contributed by atoms with Crippen molar-refractivity contribution in [1.29, 1.82) is 0 Å². The van der Waals surface area contributed by atoms with Crippen molar-refractivity contribution in [2.24, 2.45) is 0 Å². The first-order valence-electron chi connectivity index (χ1n) is 17.9. The van der Waals surface area contributed by atoms with Gasteiger partial charge in [0.05, 0.1) is 0 Å². The van der Waals surface area contributed by atoms with Gasteiger partial charge in [-0.15, -0.1) is 0 Å². The van der Waals surface area contributed by atoms with Gasteiger partial charge >= 0.3 is 0 Å². The molecule has 9 aromatic rings. The number of rotatable bonds is 4. The fourth-order valence-corrected chi connectivity index (χ4v) is 8.82. The summed E-state index contributed by atoms with van der Waals surface area (Å²) in [6.45, 7) is 4.74. The van der Waals surface area contributed by atoms with Crippen LogP contribution in [0.25, 0.3) is 88.0 Å². The van der Waals surface area contributed by atoms with Crippen LogP contribution >= 0.6 is 0 Å². The summed E-state index contributed by atoms with van der Waals surface area (Å²) in [7, 11) is 0. The summed E-state index contributed by atoms with van der Waals surface area (Å²) in [5.74, 6) is 0. The molecule has 0 saturated heterocycles. The zero-order valence-corrected chi connectivity index (χ0v) is 28.8. The van der Waals surface area contributed by atoms with Gasteiger partial charge in [-0.1, -0.05) is 190 Å². The second kappa shape index (κ2) is 11.4. The highest BCUT2D eigenvalue weighted by Gasteiger charge is 2.36. The van der Waals surface area contributed by atoms with Gasteiger partial charge in [0.1, 0.15) is 0 Å². The first kappa shape index (κ1) is 29.7. The van der Waals surface area contributed by atoms with Crippen molar-refractivity contribution >= 4 is 32.3 Å². The maximum absolute atomic E-state index is 2.47. The zero-order valence-electron chi connectivity index (χ0n) is 28.8. The SMILES string of the molecule is CC1(C)c2ccccc2-c2c1cc(-c1ccc(-c3c4ccccc4c(-c4ccc(-c5ccccc5)cc4)c4ccccc34)cc1)c1ccccc21. The lowest BCUT2D eigenvalue weighted by atomic mass is 9.80. The van der Waals surface area contributed by atoms with Crippen LogP contribution in [0, 0.1) is 0 Å². The molecule has 0 nitrogen and oxygen atoms in total. The van der Waals surface area contributed by atoms with Gasteiger partial charge in [-0.3, -0.25) is 0 Å². The third-order valence-corrected chi connectivity index (χ3v) is 11.3. The maximum Gasteiger partial charge on any atom is 0.0159 e. The summed E-state index contributed by atoms with van der Waals surface area (Å²) in [5.41, 5.74) is 15.5. The largest absolute Gasteiger partial charge is 0.0622 e. The predicted octanol–water partition coefficient (Wildman–Crippen LogP) is 14.1. The number of hydrogen-bond acceptors (Lipinski definition) is 0. The summed E-state index contributed by atoms with van der Waals surface area (Å²) < 4.78 is 0. The summed E-state index contributed by atoms with van der Waals surface area (Å²) >= 11 is 0. The highest BCUT2D eigenvalue weighted by molar-refractivity contribution is 6.21. The lowest BCUT2D eigenvalue weighted by molar-refractivity contribution is 0.661. The molecule has 0 heterocycles. The average molecular weight is 649 g/mol. The molecule has 0 N–H and O–H groups in total. The van der Waals surface area contributed by atoms with Crippen molar-refractivity contribution in [2.75, 3.05) is 0 Å². The summed E-state index contributed by atoms with van der Waals surface area (Å²) in [5, 5.41) is 7.72. The van der Waals surface area contributed by atoms with E-state index in [-0.39, 0.29) is 5.41 Å². The summed E-state index contributed by atoms with van der Waals surface area (Å²) in [4.78, 5) is 0. The lowest BCUT2D eigenvalue weighted by Crippen LogP contribution is -2.15. The van der Waals surface area contributed by atoms with E-state index in [4.69, 9.17) is 0 Å². The van der Waals surface area contributed by atoms with Gasteiger partial charge in [0, 0.05) is 5.41 Å². The van der Waals surface area contributed by atoms with E-state index in [2.05, 4.69) is 196 Å². The number of hydrogen-bond donors (Lipinski definition) is 0. The summed E-state index contributed by atoms with van der Waals surface area (Å²) in [6.07, 6.45) is 0. The van der Waals surface area contributed by atoms with Crippen LogP contribution in [0.3, 0.4) is 0 Å². The molecule has 0 bridgehead atoms. The Labute approximate surface area is 299 Å². The predicted molar refractivity (Wildman–Crippen MR) is 218 cm³/mol. The maximum atomic E-state index is 2.47. The minimum Gasteiger partial charge on any atom is -0.0622 e. The first-order valence-corrected chi connectivity index (χ1v) is 17.9. The molecule has 0 fully saturated rings. The Kier molecular flexibility index (Phi) is 6.63. The van der Waals surface area contributed by atoms with Gasteiger partial charge in [0.15, 0.2) is 0 Å². The van der Waals surface area contributed by atoms with Crippen molar-refractivity contribution in [3.8, 4) is 55.6 Å². The molecule has 240 valence electrons. The molecule has 10 rings (SSSR count). The molecular weight excluding hydrogens is 613 g/mol. The third-order valence-electron chi connectivity index (χ3n) is 11.3. The standard InChI is InChI=1S/C51H36/c1-51(2)46-23-13-12-22-44(46)50-39-17-7-6-16-38(39)45(32-47(50)51)35-26-30-37(31-27-35)49-42-20-10-8-18-40(42)48(41-19-9-11-21-43(41)49)36-28-24-34(25-29-36)33-14-4-3-5-15-33/h3-32H,1-2H3. The molecule has 0 aromatic heterocycles. The van der Waals surface area contributed by atoms with Crippen LogP contribution in [0.4, 0.5) is 0 Å². The number of fused-ring (bicyclic) bond motifs is 7. The van der Waals surface area contributed by atoms with Gasteiger partial charge in [-0.2, -0.15) is 0 Å². The van der Waals surface area contributed by atoms with E-state index in [1.54, 1.807) is 0 Å². The van der Waals surface area contributed by atoms with E-state index >= 15 is 0 Å². The van der Waals surface area contributed by atoms with Crippen LogP contribution in [0.5, 0.6) is 0 Å². The van der Waals surface area contributed by atoms with Crippen LogP contribution in [0.2, 0.25) is 0 Å². The molecule has 1 aliphatic rings. The molecule has 0 atom stereocenters. The molecule has 0 heteroatoms. The minimum absolute atomic E-state index is 0.0634. The highest BCUT2D eigenvalue weighted by atomic mass is 14.4. The molecule has 9 aromatic carbocycles. The Bertz CT molecular complexity index is 2730. The minimum atomic E-state index is -0.0634. The van der Waals surface area contributed by atoms with Gasteiger partial charge in [0.2, 0.25) is 0 Å². The fourth-order valence-electron chi connectivity index (χ4n) is 8.82. The molecule has 0 amide bonds. The Morgan fingerprint density at radius 2 is 0.667 bits per heavy atom. The van der Waals surface area contributed by atoms with E-state index in [0.29, 0.717) is 0 Å². The average Bonchev–Trinajstić information content (AvgIpc) is 3.43. The molecular formula is C51H36. The van der Waals surface area contributed by atoms with Crippen LogP contribution < -0.4 is 0 Å². The monoisotopic (exact) mass is 648 g/mol. The van der Waals surface area contributed by atoms with E-state index in [1.807, 2.05) is 0 Å². The molecule has 51 heavy (non-hydrogen) atoms. The van der Waals surface area contributed by atoms with Crippen molar-refractivity contribution in [2.45, 2.75) is 19.3 Å². The van der Waals surface area contributed by atoms with Gasteiger partial charge in [0.25, 0.3) is 0 Å². The molecule has 0 saturated carbocycles. The Morgan fingerprint density at radius 1 is 0.275 bits per heavy atom. The lowest BCUT2D eigenvalue weighted by Gasteiger charge is -2.23. The van der Waals surface area contributed by atoms with Gasteiger partial charge in [-0.25, -0.2) is 0 Å². The fraction of sp³-hybridized carbons (Fsp3) is 0.0588. The van der Waals surface area contributed by atoms with E-state index in [1.165, 1.54) is 99.1 Å². The normalized spacial score (nSPS) is 13.1. The topological polar surface area (TPSA) is 0 Å². The van der Waals surface area contributed by atoms with E-state index < -0.39 is 0 Å². The molecule has 0 aliphatic heterocycles. The van der Waals surface area contributed by atoms with Gasteiger partial charge in [-0.05, 0) is 105 Å². The molecule has 0 spiro atoms. The highest BCUT2D eigenvalue weighted by Crippen LogP contribution is 2.53. The molecule has 1 aliphatic carbocycles. The Hall–Kier alpha value is -6.24. The van der Waals surface area contributed by atoms with Crippen molar-refractivity contribution in [3.63, 3.8) is 0 Å². The Balaban J connectivity index is 1.13. The first-order chi connectivity index (χ1) is 25.1. The van der Waals surface area contributed by atoms with Crippen LogP contribution in [-0.4, -0.2) is 0 Å². The zero-order chi connectivity index (χ0) is 34.1. The summed E-state index contributed by atoms with van der Waals surface area (Å²) in [6, 6.07) is 67.2. The van der Waals surface area contributed by atoms with Crippen molar-refractivity contribution in [1.82, 2.24) is 0 Å². The molecule has 0 unspecified atom stereocenters. The molecule has 0 radical (unpaired) electrons. The van der Waals surface area contributed by atoms with Crippen molar-refractivity contribution in [3.05, 3.63) is 193 Å². The van der Waals surface area contributed by atoms with Crippen LogP contribution in [0.1, 0.15) is 25.0 Å². The third kappa shape index (κ3) is 4.53. The van der Waals surface area contributed by atoms with E-state index in [0.717, 1.165) is 0 Å². The van der Waals surface area contributed by atoms with E-state index in [9.17, 15) is 0 Å². The Morgan fingerprint density at radius 3 is 1.22 bits per heavy atom. The second-order valence-electron chi connectivity index (χ2n) is 14.4. The number of benzene rings is 9. The van der Waals surface area contributed by atoms with Crippen LogP contribution in [-0.2, 0) is 5.41 Å². The van der Waals surface area contributed by atoms with Gasteiger partial charge < -0.3 is 0 Å². The smallest absolute Gasteiger partial charge is 0.0159 e. The quantitative estimate of drug-likeness (QED) is 0.167. The second-order valence-corrected chi connectivity index (χ2v) is 14.4. The van der Waals surface area contributed by atoms with Crippen molar-refractivity contribution < 1.29 is 0 Å². The van der Waals surface area contributed by atoms with Crippen LogP contribution in [0.15, 0.2) is 182 Å².